The van der Waals surface area contributed by atoms with Crippen LogP contribution in [0, 0.1) is 5.92 Å². The van der Waals surface area contributed by atoms with E-state index in [4.69, 9.17) is 4.74 Å². The molecular weight excluding hydrogens is 308 g/mol. The number of rotatable bonds is 11. The maximum atomic E-state index is 12.0. The highest BCUT2D eigenvalue weighted by Gasteiger charge is 2.16. The van der Waals surface area contributed by atoms with Gasteiger partial charge < -0.3 is 4.74 Å². The fraction of sp³-hybridized carbons (Fsp3) is 0.609. The van der Waals surface area contributed by atoms with Gasteiger partial charge in [0.1, 0.15) is 0 Å². The van der Waals surface area contributed by atoms with Gasteiger partial charge in [0.15, 0.2) is 0 Å². The minimum Gasteiger partial charge on any atom is -0.469 e. The van der Waals surface area contributed by atoms with Crippen LogP contribution in [0.3, 0.4) is 0 Å². The molecule has 2 nitrogen and oxygen atoms in total. The van der Waals surface area contributed by atoms with E-state index in [9.17, 15) is 4.79 Å². The highest BCUT2D eigenvalue weighted by atomic mass is 16.5. The molecule has 0 fully saturated rings. The Hall–Kier alpha value is -1.57. The fourth-order valence-corrected chi connectivity index (χ4v) is 2.52. The monoisotopic (exact) mass is 346 g/mol. The number of ether oxygens (including phenoxy) is 1. The summed E-state index contributed by atoms with van der Waals surface area (Å²) in [5.74, 6) is -0.191. The number of methoxy groups -OCH3 is 1. The van der Waals surface area contributed by atoms with Gasteiger partial charge in [-0.15, -0.1) is 0 Å². The van der Waals surface area contributed by atoms with E-state index in [-0.39, 0.29) is 11.9 Å². The zero-order valence-electron chi connectivity index (χ0n) is 17.4. The molecule has 25 heavy (non-hydrogen) atoms. The van der Waals surface area contributed by atoms with E-state index in [1.807, 2.05) is 0 Å². The number of hydrogen-bond donors (Lipinski definition) is 0. The fourth-order valence-electron chi connectivity index (χ4n) is 2.52. The molecule has 0 aliphatic heterocycles. The summed E-state index contributed by atoms with van der Waals surface area (Å²) in [7, 11) is 1.48. The van der Waals surface area contributed by atoms with Crippen LogP contribution in [0.15, 0.2) is 46.6 Å². The van der Waals surface area contributed by atoms with Gasteiger partial charge in [-0.25, -0.2) is 0 Å². The lowest BCUT2D eigenvalue weighted by Gasteiger charge is -2.12. The Morgan fingerprint density at radius 1 is 0.760 bits per heavy atom. The van der Waals surface area contributed by atoms with Crippen molar-refractivity contribution in [2.24, 2.45) is 5.92 Å². The number of esters is 1. The Balaban J connectivity index is 4.62. The molecule has 0 atom stereocenters. The van der Waals surface area contributed by atoms with Crippen LogP contribution in [-0.2, 0) is 9.53 Å². The Kier molecular flexibility index (Phi) is 12.8. The third kappa shape index (κ3) is 13.4. The van der Waals surface area contributed by atoms with Crippen LogP contribution in [0.25, 0.3) is 0 Å². The molecule has 0 aliphatic rings. The maximum Gasteiger partial charge on any atom is 0.309 e. The van der Waals surface area contributed by atoms with Gasteiger partial charge in [-0.2, -0.15) is 0 Å². The Labute approximate surface area is 155 Å². The van der Waals surface area contributed by atoms with Crippen molar-refractivity contribution in [2.45, 2.75) is 80.1 Å². The van der Waals surface area contributed by atoms with E-state index in [1.54, 1.807) is 0 Å². The van der Waals surface area contributed by atoms with Crippen LogP contribution < -0.4 is 0 Å². The third-order valence-electron chi connectivity index (χ3n) is 4.22. The third-order valence-corrected chi connectivity index (χ3v) is 4.22. The lowest BCUT2D eigenvalue weighted by Crippen LogP contribution is -2.15. The number of allylic oxidation sites excluding steroid dienone is 8. The van der Waals surface area contributed by atoms with E-state index in [2.05, 4.69) is 65.8 Å². The van der Waals surface area contributed by atoms with Crippen LogP contribution in [0.5, 0.6) is 0 Å². The normalized spacial score (nSPS) is 12.2. The van der Waals surface area contributed by atoms with Crippen molar-refractivity contribution in [1.29, 1.82) is 0 Å². The van der Waals surface area contributed by atoms with Gasteiger partial charge in [-0.05, 0) is 80.1 Å². The predicted molar refractivity (Wildman–Crippen MR) is 110 cm³/mol. The first kappa shape index (κ1) is 23.4. The number of hydrogen-bond acceptors (Lipinski definition) is 2. The largest absolute Gasteiger partial charge is 0.469 e. The predicted octanol–water partition coefficient (Wildman–Crippen LogP) is 6.94. The average molecular weight is 347 g/mol. The van der Waals surface area contributed by atoms with Crippen molar-refractivity contribution in [2.75, 3.05) is 7.11 Å². The average Bonchev–Trinajstić information content (AvgIpc) is 2.53. The van der Waals surface area contributed by atoms with Gasteiger partial charge in [0.25, 0.3) is 0 Å². The summed E-state index contributed by atoms with van der Waals surface area (Å²) < 4.78 is 4.99. The molecule has 0 bridgehead atoms. The second-order valence-electron chi connectivity index (χ2n) is 7.43. The molecule has 0 aliphatic carbocycles. The summed E-state index contributed by atoms with van der Waals surface area (Å²) in [5.41, 5.74) is 5.40. The van der Waals surface area contributed by atoms with Crippen LogP contribution >= 0.6 is 0 Å². The van der Waals surface area contributed by atoms with Crippen molar-refractivity contribution in [3.05, 3.63) is 46.6 Å². The molecular formula is C23H38O2. The molecule has 0 radical (unpaired) electrons. The number of carbonyl (C=O) groups is 1. The highest BCUT2D eigenvalue weighted by Crippen LogP contribution is 2.18. The van der Waals surface area contributed by atoms with Crippen molar-refractivity contribution in [1.82, 2.24) is 0 Å². The van der Waals surface area contributed by atoms with Crippen LogP contribution in [-0.4, -0.2) is 13.1 Å². The molecule has 0 amide bonds. The first-order valence-electron chi connectivity index (χ1n) is 9.42. The van der Waals surface area contributed by atoms with E-state index in [0.29, 0.717) is 0 Å². The Morgan fingerprint density at radius 2 is 1.16 bits per heavy atom. The summed E-state index contributed by atoms with van der Waals surface area (Å²) >= 11 is 0. The van der Waals surface area contributed by atoms with Crippen LogP contribution in [0.1, 0.15) is 80.1 Å². The molecule has 0 spiro atoms. The molecule has 0 N–H and O–H groups in total. The topological polar surface area (TPSA) is 26.3 Å². The van der Waals surface area contributed by atoms with E-state index >= 15 is 0 Å². The zero-order valence-corrected chi connectivity index (χ0v) is 17.4. The SMILES string of the molecule is COC(=O)C(C/C=C(\C)CCC=C(C)C)C/C=C(\C)CCC=C(C)C. The molecule has 0 saturated carbocycles. The number of carbonyl (C=O) groups excluding carboxylic acids is 1. The molecule has 0 rings (SSSR count). The van der Waals surface area contributed by atoms with Crippen LogP contribution in [0.4, 0.5) is 0 Å². The smallest absolute Gasteiger partial charge is 0.309 e. The molecule has 0 heterocycles. The zero-order chi connectivity index (χ0) is 19.2. The molecule has 0 unspecified atom stereocenters. The van der Waals surface area contributed by atoms with Gasteiger partial charge >= 0.3 is 5.97 Å². The van der Waals surface area contributed by atoms with E-state index < -0.39 is 0 Å². The Bertz CT molecular complexity index is 470. The van der Waals surface area contributed by atoms with E-state index in [1.165, 1.54) is 29.4 Å². The molecule has 142 valence electrons. The summed E-state index contributed by atoms with van der Waals surface area (Å²) in [5, 5.41) is 0. The Morgan fingerprint density at radius 3 is 1.48 bits per heavy atom. The molecule has 0 aromatic heterocycles. The van der Waals surface area contributed by atoms with Crippen molar-refractivity contribution < 1.29 is 9.53 Å². The standard InChI is InChI=1S/C23H38O2/c1-18(2)10-8-12-20(5)14-16-22(23(24)25-7)17-15-21(6)13-9-11-19(3)4/h10-11,14-15,22H,8-9,12-13,16-17H2,1-7H3/b20-14+,21-15+. The second-order valence-corrected chi connectivity index (χ2v) is 7.43. The molecule has 0 aromatic carbocycles. The summed E-state index contributed by atoms with van der Waals surface area (Å²) in [4.78, 5) is 12.0. The maximum absolute atomic E-state index is 12.0. The van der Waals surface area contributed by atoms with Crippen molar-refractivity contribution in [3.8, 4) is 0 Å². The van der Waals surface area contributed by atoms with Gasteiger partial charge in [-0.3, -0.25) is 4.79 Å². The second kappa shape index (κ2) is 13.7. The van der Waals surface area contributed by atoms with Gasteiger partial charge in [-0.1, -0.05) is 46.6 Å². The van der Waals surface area contributed by atoms with Gasteiger partial charge in [0.2, 0.25) is 0 Å². The highest BCUT2D eigenvalue weighted by molar-refractivity contribution is 5.72. The van der Waals surface area contributed by atoms with Crippen LogP contribution in [0.2, 0.25) is 0 Å². The quantitative estimate of drug-likeness (QED) is 0.299. The minimum atomic E-state index is -0.110. The summed E-state index contributed by atoms with van der Waals surface area (Å²) in [6.45, 7) is 12.8. The molecule has 2 heteroatoms. The van der Waals surface area contributed by atoms with Crippen molar-refractivity contribution >= 4 is 5.97 Å². The molecule has 0 aromatic rings. The first-order chi connectivity index (χ1) is 11.8. The molecule has 0 saturated heterocycles. The van der Waals surface area contributed by atoms with Gasteiger partial charge in [0, 0.05) is 0 Å². The van der Waals surface area contributed by atoms with Gasteiger partial charge in [0.05, 0.1) is 13.0 Å². The first-order valence-corrected chi connectivity index (χ1v) is 9.42. The summed E-state index contributed by atoms with van der Waals surface area (Å²) in [6, 6.07) is 0. The van der Waals surface area contributed by atoms with E-state index in [0.717, 1.165) is 38.5 Å². The lowest BCUT2D eigenvalue weighted by atomic mass is 9.97. The lowest BCUT2D eigenvalue weighted by molar-refractivity contribution is -0.145. The van der Waals surface area contributed by atoms with Crippen molar-refractivity contribution in [3.63, 3.8) is 0 Å². The summed E-state index contributed by atoms with van der Waals surface area (Å²) in [6.07, 6.45) is 14.7. The minimum absolute atomic E-state index is 0.0817.